The van der Waals surface area contributed by atoms with Crippen LogP contribution in [0.15, 0.2) is 36.4 Å². The molecule has 0 bridgehead atoms. The maximum Gasteiger partial charge on any atom is 0.254 e. The van der Waals surface area contributed by atoms with Crippen LogP contribution in [0.4, 0.5) is 0 Å². The summed E-state index contributed by atoms with van der Waals surface area (Å²) >= 11 is 0. The Morgan fingerprint density at radius 2 is 1.74 bits per heavy atom. The highest BCUT2D eigenvalue weighted by molar-refractivity contribution is 5.94. The Kier molecular flexibility index (Phi) is 7.11. The maximum absolute atomic E-state index is 12.8. The molecule has 0 saturated heterocycles. The number of nitrogens with zero attached hydrogens (tertiary/aromatic N) is 1. The first-order valence-electron chi connectivity index (χ1n) is 9.05. The summed E-state index contributed by atoms with van der Waals surface area (Å²) in [6.07, 6.45) is 0. The van der Waals surface area contributed by atoms with E-state index in [1.165, 1.54) is 0 Å². The topological polar surface area (TPSA) is 48.0 Å². The highest BCUT2D eigenvalue weighted by atomic mass is 16.5. The second kappa shape index (κ2) is 9.31. The SMILES string of the molecule is COc1cc(C)c(CN(C)C(=O)c2cccc(OCC(C)C)c2)cc1OC. The predicted octanol–water partition coefficient (Wildman–Crippen LogP) is 4.32. The average Bonchev–Trinajstić information content (AvgIpc) is 2.67. The minimum atomic E-state index is -0.0563. The van der Waals surface area contributed by atoms with E-state index in [9.17, 15) is 4.79 Å². The molecule has 0 aliphatic heterocycles. The Labute approximate surface area is 161 Å². The highest BCUT2D eigenvalue weighted by Gasteiger charge is 2.16. The third-order valence-electron chi connectivity index (χ3n) is 4.26. The fourth-order valence-electron chi connectivity index (χ4n) is 2.72. The molecule has 0 aliphatic carbocycles. The molecule has 1 amide bonds. The van der Waals surface area contributed by atoms with Crippen LogP contribution in [0.5, 0.6) is 17.2 Å². The maximum atomic E-state index is 12.8. The van der Waals surface area contributed by atoms with Crippen molar-refractivity contribution in [3.63, 3.8) is 0 Å². The number of hydrogen-bond donors (Lipinski definition) is 0. The van der Waals surface area contributed by atoms with Crippen molar-refractivity contribution in [2.75, 3.05) is 27.9 Å². The molecule has 2 rings (SSSR count). The third-order valence-corrected chi connectivity index (χ3v) is 4.26. The van der Waals surface area contributed by atoms with Crippen LogP contribution in [-0.4, -0.2) is 38.7 Å². The predicted molar refractivity (Wildman–Crippen MR) is 107 cm³/mol. The first-order valence-corrected chi connectivity index (χ1v) is 9.05. The standard InChI is InChI=1S/C22H29NO4/c1-15(2)14-27-19-9-7-8-17(11-19)22(24)23(4)13-18-12-21(26-6)20(25-5)10-16(18)3/h7-12,15H,13-14H2,1-6H3. The van der Waals surface area contributed by atoms with Crippen LogP contribution >= 0.6 is 0 Å². The zero-order chi connectivity index (χ0) is 20.0. The Bertz CT molecular complexity index is 786. The van der Waals surface area contributed by atoms with Gasteiger partial charge in [0, 0.05) is 19.2 Å². The zero-order valence-corrected chi connectivity index (χ0v) is 17.0. The van der Waals surface area contributed by atoms with Gasteiger partial charge in [-0.05, 0) is 54.3 Å². The number of ether oxygens (including phenoxy) is 3. The van der Waals surface area contributed by atoms with Gasteiger partial charge in [0.2, 0.25) is 0 Å². The zero-order valence-electron chi connectivity index (χ0n) is 17.0. The summed E-state index contributed by atoms with van der Waals surface area (Å²) in [6.45, 7) is 7.28. The van der Waals surface area contributed by atoms with Crippen molar-refractivity contribution in [2.24, 2.45) is 5.92 Å². The van der Waals surface area contributed by atoms with E-state index in [0.717, 1.165) is 11.1 Å². The van der Waals surface area contributed by atoms with Crippen molar-refractivity contribution < 1.29 is 19.0 Å². The van der Waals surface area contributed by atoms with Gasteiger partial charge in [-0.15, -0.1) is 0 Å². The van der Waals surface area contributed by atoms with Gasteiger partial charge in [0.15, 0.2) is 11.5 Å². The van der Waals surface area contributed by atoms with Crippen molar-refractivity contribution in [2.45, 2.75) is 27.3 Å². The Balaban J connectivity index is 2.15. The van der Waals surface area contributed by atoms with Crippen LogP contribution in [-0.2, 0) is 6.54 Å². The molecule has 5 nitrogen and oxygen atoms in total. The Morgan fingerprint density at radius 3 is 2.37 bits per heavy atom. The molecule has 0 atom stereocenters. The summed E-state index contributed by atoms with van der Waals surface area (Å²) in [7, 11) is 5.01. The van der Waals surface area contributed by atoms with Crippen molar-refractivity contribution in [3.05, 3.63) is 53.1 Å². The summed E-state index contributed by atoms with van der Waals surface area (Å²) in [4.78, 5) is 14.5. The molecule has 0 saturated carbocycles. The molecule has 0 fully saturated rings. The number of carbonyl (C=O) groups excluding carboxylic acids is 1. The quantitative estimate of drug-likeness (QED) is 0.693. The van der Waals surface area contributed by atoms with Crippen molar-refractivity contribution in [3.8, 4) is 17.2 Å². The van der Waals surface area contributed by atoms with Crippen LogP contribution < -0.4 is 14.2 Å². The Hall–Kier alpha value is -2.69. The monoisotopic (exact) mass is 371 g/mol. The van der Waals surface area contributed by atoms with Gasteiger partial charge in [-0.1, -0.05) is 19.9 Å². The first kappa shape index (κ1) is 20.6. The number of amides is 1. The van der Waals surface area contributed by atoms with Gasteiger partial charge < -0.3 is 19.1 Å². The van der Waals surface area contributed by atoms with E-state index >= 15 is 0 Å². The van der Waals surface area contributed by atoms with E-state index in [4.69, 9.17) is 14.2 Å². The lowest BCUT2D eigenvalue weighted by molar-refractivity contribution is 0.0784. The molecule has 0 spiro atoms. The van der Waals surface area contributed by atoms with Gasteiger partial charge in [0.05, 0.1) is 20.8 Å². The normalized spacial score (nSPS) is 10.6. The molecule has 0 aromatic heterocycles. The van der Waals surface area contributed by atoms with Gasteiger partial charge in [-0.3, -0.25) is 4.79 Å². The summed E-state index contributed by atoms with van der Waals surface area (Å²) in [5.74, 6) is 2.43. The molecule has 0 unspecified atom stereocenters. The summed E-state index contributed by atoms with van der Waals surface area (Å²) in [6, 6.07) is 11.2. The average molecular weight is 371 g/mol. The van der Waals surface area contributed by atoms with E-state index in [1.807, 2.05) is 37.3 Å². The third kappa shape index (κ3) is 5.39. The number of carbonyl (C=O) groups is 1. The lowest BCUT2D eigenvalue weighted by Crippen LogP contribution is -2.26. The van der Waals surface area contributed by atoms with Crippen LogP contribution in [0, 0.1) is 12.8 Å². The largest absolute Gasteiger partial charge is 0.493 e. The minimum Gasteiger partial charge on any atom is -0.493 e. The molecule has 0 N–H and O–H groups in total. The second-order valence-corrected chi connectivity index (χ2v) is 7.03. The molecule has 146 valence electrons. The number of methoxy groups -OCH3 is 2. The molecule has 0 radical (unpaired) electrons. The lowest BCUT2D eigenvalue weighted by atomic mass is 10.1. The van der Waals surface area contributed by atoms with Gasteiger partial charge in [-0.25, -0.2) is 0 Å². The fourth-order valence-corrected chi connectivity index (χ4v) is 2.72. The van der Waals surface area contributed by atoms with Crippen LogP contribution in [0.2, 0.25) is 0 Å². The van der Waals surface area contributed by atoms with Gasteiger partial charge >= 0.3 is 0 Å². The lowest BCUT2D eigenvalue weighted by Gasteiger charge is -2.20. The van der Waals surface area contributed by atoms with E-state index in [0.29, 0.717) is 41.9 Å². The molecule has 0 aliphatic rings. The van der Waals surface area contributed by atoms with Crippen LogP contribution in [0.1, 0.15) is 35.3 Å². The smallest absolute Gasteiger partial charge is 0.254 e. The minimum absolute atomic E-state index is 0.0563. The number of aryl methyl sites for hydroxylation is 1. The second-order valence-electron chi connectivity index (χ2n) is 7.03. The van der Waals surface area contributed by atoms with E-state index in [2.05, 4.69) is 13.8 Å². The molecule has 2 aromatic rings. The van der Waals surface area contributed by atoms with E-state index < -0.39 is 0 Å². The van der Waals surface area contributed by atoms with Crippen molar-refractivity contribution >= 4 is 5.91 Å². The summed E-state index contributed by atoms with van der Waals surface area (Å²) < 4.78 is 16.4. The molecular formula is C22H29NO4. The number of benzene rings is 2. The fraction of sp³-hybridized carbons (Fsp3) is 0.409. The number of hydrogen-bond acceptors (Lipinski definition) is 4. The molecule has 27 heavy (non-hydrogen) atoms. The highest BCUT2D eigenvalue weighted by Crippen LogP contribution is 2.31. The molecular weight excluding hydrogens is 342 g/mol. The Morgan fingerprint density at radius 1 is 1.07 bits per heavy atom. The summed E-state index contributed by atoms with van der Waals surface area (Å²) in [5, 5.41) is 0. The molecule has 5 heteroatoms. The van der Waals surface area contributed by atoms with E-state index in [1.54, 1.807) is 32.2 Å². The summed E-state index contributed by atoms with van der Waals surface area (Å²) in [5.41, 5.74) is 2.66. The van der Waals surface area contributed by atoms with Crippen molar-refractivity contribution in [1.29, 1.82) is 0 Å². The van der Waals surface area contributed by atoms with Gasteiger partial charge in [0.25, 0.3) is 5.91 Å². The van der Waals surface area contributed by atoms with Gasteiger partial charge in [-0.2, -0.15) is 0 Å². The van der Waals surface area contributed by atoms with Crippen molar-refractivity contribution in [1.82, 2.24) is 4.90 Å². The van der Waals surface area contributed by atoms with E-state index in [-0.39, 0.29) is 5.91 Å². The van der Waals surface area contributed by atoms with Crippen LogP contribution in [0.25, 0.3) is 0 Å². The molecule has 0 heterocycles. The molecule has 2 aromatic carbocycles. The first-order chi connectivity index (χ1) is 12.8. The van der Waals surface area contributed by atoms with Crippen LogP contribution in [0.3, 0.4) is 0 Å². The number of rotatable bonds is 8. The van der Waals surface area contributed by atoms with Gasteiger partial charge in [0.1, 0.15) is 5.75 Å².